The Bertz CT molecular complexity index is 820. The fourth-order valence-corrected chi connectivity index (χ4v) is 4.29. The Morgan fingerprint density at radius 2 is 2.11 bits per heavy atom. The highest BCUT2D eigenvalue weighted by molar-refractivity contribution is 14.0. The first-order valence-corrected chi connectivity index (χ1v) is 10.3. The maximum atomic E-state index is 12.5. The zero-order chi connectivity index (χ0) is 19.2. The first-order valence-electron chi connectivity index (χ1n) is 9.38. The van der Waals surface area contributed by atoms with Crippen LogP contribution in [0.1, 0.15) is 28.0 Å². The molecule has 0 atom stereocenters. The van der Waals surface area contributed by atoms with Gasteiger partial charge in [0.1, 0.15) is 0 Å². The zero-order valence-electron chi connectivity index (χ0n) is 16.8. The van der Waals surface area contributed by atoms with E-state index in [0.29, 0.717) is 13.0 Å². The molecular weight excluding hydrogens is 483 g/mol. The third-order valence-corrected chi connectivity index (χ3v) is 6.05. The van der Waals surface area contributed by atoms with Crippen LogP contribution in [0.5, 0.6) is 0 Å². The molecule has 3 rings (SSSR count). The molecular formula is C21H29IN4OS. The molecule has 1 aromatic heterocycles. The normalized spacial score (nSPS) is 13.5. The van der Waals surface area contributed by atoms with Crippen LogP contribution in [0.15, 0.2) is 40.7 Å². The van der Waals surface area contributed by atoms with Gasteiger partial charge in [-0.05, 0) is 41.5 Å². The molecule has 5 nitrogen and oxygen atoms in total. The summed E-state index contributed by atoms with van der Waals surface area (Å²) in [4.78, 5) is 22.4. The maximum absolute atomic E-state index is 12.5. The molecule has 0 unspecified atom stereocenters. The molecule has 0 aliphatic carbocycles. The topological polar surface area (TPSA) is 47.9 Å². The summed E-state index contributed by atoms with van der Waals surface area (Å²) in [7, 11) is 3.80. The van der Waals surface area contributed by atoms with E-state index < -0.39 is 0 Å². The minimum Gasteiger partial charge on any atom is -0.356 e. The monoisotopic (exact) mass is 512 g/mol. The Hall–Kier alpha value is -1.61. The number of nitrogens with one attached hydrogen (secondary N) is 1. The van der Waals surface area contributed by atoms with E-state index in [1.54, 1.807) is 18.4 Å². The quantitative estimate of drug-likeness (QED) is 0.378. The molecule has 0 spiro atoms. The molecule has 1 N–H and O–H groups in total. The Morgan fingerprint density at radius 1 is 1.32 bits per heavy atom. The van der Waals surface area contributed by atoms with Gasteiger partial charge in [0.15, 0.2) is 5.96 Å². The number of fused-ring (bicyclic) bond motifs is 1. The number of carbonyl (C=O) groups excluding carboxylic acids is 1. The number of aryl methyl sites for hydroxylation is 1. The Balaban J connectivity index is 0.00000280. The van der Waals surface area contributed by atoms with Crippen molar-refractivity contribution in [1.82, 2.24) is 15.1 Å². The van der Waals surface area contributed by atoms with Crippen molar-refractivity contribution in [3.8, 4) is 0 Å². The van der Waals surface area contributed by atoms with E-state index in [9.17, 15) is 4.79 Å². The lowest BCUT2D eigenvalue weighted by molar-refractivity contribution is -0.131. The molecule has 0 fully saturated rings. The molecule has 7 heteroatoms. The van der Waals surface area contributed by atoms with E-state index in [0.717, 1.165) is 32.0 Å². The lowest BCUT2D eigenvalue weighted by Gasteiger charge is -2.27. The molecule has 0 bridgehead atoms. The number of nitrogens with zero attached hydrogens (tertiary/aromatic N) is 3. The average molecular weight is 512 g/mol. The summed E-state index contributed by atoms with van der Waals surface area (Å²) in [6, 6.07) is 10.5. The average Bonchev–Trinajstić information content (AvgIpc) is 3.14. The third-order valence-electron chi connectivity index (χ3n) is 5.02. The number of aliphatic imine (C=N–C) groups is 1. The van der Waals surface area contributed by atoms with E-state index in [-0.39, 0.29) is 29.9 Å². The van der Waals surface area contributed by atoms with Crippen molar-refractivity contribution in [3.63, 3.8) is 0 Å². The first-order chi connectivity index (χ1) is 13.1. The number of thiophene rings is 1. The second-order valence-corrected chi connectivity index (χ2v) is 7.94. The van der Waals surface area contributed by atoms with Gasteiger partial charge in [0, 0.05) is 51.6 Å². The van der Waals surface area contributed by atoms with Crippen LogP contribution in [-0.2, 0) is 24.3 Å². The number of amides is 1. The van der Waals surface area contributed by atoms with Crippen LogP contribution < -0.4 is 5.32 Å². The van der Waals surface area contributed by atoms with Gasteiger partial charge >= 0.3 is 0 Å². The van der Waals surface area contributed by atoms with Crippen molar-refractivity contribution in [2.45, 2.75) is 32.9 Å². The molecule has 1 aliphatic rings. The highest BCUT2D eigenvalue weighted by Gasteiger charge is 2.21. The molecule has 2 aromatic rings. The number of guanidine groups is 1. The molecule has 0 saturated carbocycles. The van der Waals surface area contributed by atoms with E-state index in [1.165, 1.54) is 21.6 Å². The van der Waals surface area contributed by atoms with Crippen LogP contribution in [0, 0.1) is 6.92 Å². The van der Waals surface area contributed by atoms with Crippen LogP contribution in [0.4, 0.5) is 0 Å². The summed E-state index contributed by atoms with van der Waals surface area (Å²) in [6.07, 6.45) is 1.46. The largest absolute Gasteiger partial charge is 0.356 e. The predicted molar refractivity (Wildman–Crippen MR) is 127 cm³/mol. The van der Waals surface area contributed by atoms with E-state index >= 15 is 0 Å². The Kier molecular flexibility index (Phi) is 8.75. The number of hydrogen-bond acceptors (Lipinski definition) is 3. The van der Waals surface area contributed by atoms with Gasteiger partial charge in [0.25, 0.3) is 0 Å². The van der Waals surface area contributed by atoms with Crippen molar-refractivity contribution >= 4 is 47.2 Å². The Labute approximate surface area is 188 Å². The SMILES string of the molecule is CN=C(NCCC(=O)N1CCc2sccc2C1)N(C)Cc1ccccc1C.I. The van der Waals surface area contributed by atoms with Crippen molar-refractivity contribution < 1.29 is 4.79 Å². The highest BCUT2D eigenvalue weighted by atomic mass is 127. The molecule has 1 aromatic carbocycles. The molecule has 152 valence electrons. The van der Waals surface area contributed by atoms with Gasteiger partial charge < -0.3 is 15.1 Å². The van der Waals surface area contributed by atoms with E-state index in [2.05, 4.69) is 57.8 Å². The van der Waals surface area contributed by atoms with Crippen LogP contribution in [0.2, 0.25) is 0 Å². The van der Waals surface area contributed by atoms with Gasteiger partial charge in [-0.2, -0.15) is 0 Å². The lowest BCUT2D eigenvalue weighted by Crippen LogP contribution is -2.41. The molecule has 2 heterocycles. The van der Waals surface area contributed by atoms with Gasteiger partial charge in [-0.3, -0.25) is 9.79 Å². The number of benzene rings is 1. The maximum Gasteiger partial charge on any atom is 0.224 e. The summed E-state index contributed by atoms with van der Waals surface area (Å²) in [5.74, 6) is 1.01. The summed E-state index contributed by atoms with van der Waals surface area (Å²) < 4.78 is 0. The van der Waals surface area contributed by atoms with Crippen molar-refractivity contribution in [2.75, 3.05) is 27.2 Å². The van der Waals surface area contributed by atoms with Crippen LogP contribution >= 0.6 is 35.3 Å². The summed E-state index contributed by atoms with van der Waals surface area (Å²) in [5, 5.41) is 5.44. The van der Waals surface area contributed by atoms with Crippen molar-refractivity contribution in [3.05, 3.63) is 57.3 Å². The zero-order valence-corrected chi connectivity index (χ0v) is 19.9. The number of halogens is 1. The van der Waals surface area contributed by atoms with Crippen LogP contribution in [-0.4, -0.2) is 48.9 Å². The summed E-state index contributed by atoms with van der Waals surface area (Å²) >= 11 is 1.80. The summed E-state index contributed by atoms with van der Waals surface area (Å²) in [6.45, 7) is 5.08. The predicted octanol–water partition coefficient (Wildman–Crippen LogP) is 3.66. The van der Waals surface area contributed by atoms with Crippen LogP contribution in [0.25, 0.3) is 0 Å². The first kappa shape index (κ1) is 22.7. The molecule has 1 aliphatic heterocycles. The second kappa shape index (κ2) is 10.8. The second-order valence-electron chi connectivity index (χ2n) is 6.94. The van der Waals surface area contributed by atoms with Crippen molar-refractivity contribution in [2.24, 2.45) is 4.99 Å². The minimum absolute atomic E-state index is 0. The number of rotatable bonds is 5. The van der Waals surface area contributed by atoms with Gasteiger partial charge in [0.05, 0.1) is 0 Å². The molecule has 0 saturated heterocycles. The smallest absolute Gasteiger partial charge is 0.224 e. The third kappa shape index (κ3) is 5.70. The van der Waals surface area contributed by atoms with E-state index in [4.69, 9.17) is 0 Å². The van der Waals surface area contributed by atoms with Gasteiger partial charge in [-0.1, -0.05) is 24.3 Å². The minimum atomic E-state index is 0. The van der Waals surface area contributed by atoms with Crippen molar-refractivity contribution in [1.29, 1.82) is 0 Å². The summed E-state index contributed by atoms with van der Waals surface area (Å²) in [5.41, 5.74) is 3.85. The lowest BCUT2D eigenvalue weighted by atomic mass is 10.1. The Morgan fingerprint density at radius 3 is 2.86 bits per heavy atom. The molecule has 1 amide bonds. The van der Waals surface area contributed by atoms with Crippen LogP contribution in [0.3, 0.4) is 0 Å². The van der Waals surface area contributed by atoms with Gasteiger partial charge in [-0.25, -0.2) is 0 Å². The van der Waals surface area contributed by atoms with Gasteiger partial charge in [0.2, 0.25) is 5.91 Å². The van der Waals surface area contributed by atoms with Gasteiger partial charge in [-0.15, -0.1) is 35.3 Å². The number of hydrogen-bond donors (Lipinski definition) is 1. The van der Waals surface area contributed by atoms with E-state index in [1.807, 2.05) is 11.9 Å². The fraction of sp³-hybridized carbons (Fsp3) is 0.429. The molecule has 0 radical (unpaired) electrons. The number of carbonyl (C=O) groups is 1. The fourth-order valence-electron chi connectivity index (χ4n) is 3.40. The molecule has 28 heavy (non-hydrogen) atoms. The standard InChI is InChI=1S/C21H28N4OS.HI/c1-16-6-4-5-7-17(16)14-24(3)21(22-2)23-11-8-20(26)25-12-9-19-18(15-25)10-13-27-19;/h4-7,10,13H,8-9,11-12,14-15H2,1-3H3,(H,22,23);1H. The highest BCUT2D eigenvalue weighted by Crippen LogP contribution is 2.24.